The number of anilines is 1. The number of hydrogen-bond donors (Lipinski definition) is 1. The van der Waals surface area contributed by atoms with Crippen molar-refractivity contribution in [2.75, 3.05) is 31.1 Å². The minimum atomic E-state index is -0.428. The SMILES string of the molecule is O=C(NCC1CCCO1)C1CCCN(c2ccc(=O)n(-c3cccc(F)c3)n2)C1. The predicted octanol–water partition coefficient (Wildman–Crippen LogP) is 1.88. The van der Waals surface area contributed by atoms with E-state index in [1.165, 1.54) is 22.9 Å². The van der Waals surface area contributed by atoms with Gasteiger partial charge in [0.2, 0.25) is 5.91 Å². The molecule has 2 aliphatic heterocycles. The van der Waals surface area contributed by atoms with Crippen LogP contribution in [0.2, 0.25) is 0 Å². The van der Waals surface area contributed by atoms with Crippen molar-refractivity contribution < 1.29 is 13.9 Å². The second-order valence-corrected chi connectivity index (χ2v) is 7.59. The number of carbonyl (C=O) groups excluding carboxylic acids is 1. The monoisotopic (exact) mass is 400 g/mol. The smallest absolute Gasteiger partial charge is 0.271 e. The first-order valence-corrected chi connectivity index (χ1v) is 10.1. The molecule has 2 fully saturated rings. The van der Waals surface area contributed by atoms with Crippen molar-refractivity contribution in [2.24, 2.45) is 5.92 Å². The number of ether oxygens (including phenoxy) is 1. The highest BCUT2D eigenvalue weighted by atomic mass is 19.1. The van der Waals surface area contributed by atoms with Gasteiger partial charge in [-0.15, -0.1) is 5.10 Å². The fourth-order valence-corrected chi connectivity index (χ4v) is 3.93. The first-order chi connectivity index (χ1) is 14.1. The van der Waals surface area contributed by atoms with Crippen molar-refractivity contribution in [3.63, 3.8) is 0 Å². The zero-order valence-corrected chi connectivity index (χ0v) is 16.2. The summed E-state index contributed by atoms with van der Waals surface area (Å²) in [5, 5.41) is 7.43. The van der Waals surface area contributed by atoms with Gasteiger partial charge in [-0.05, 0) is 49.9 Å². The normalized spacial score (nSPS) is 21.9. The highest BCUT2D eigenvalue weighted by Gasteiger charge is 2.27. The summed E-state index contributed by atoms with van der Waals surface area (Å²) in [5.74, 6) is 0.0678. The Kier molecular flexibility index (Phi) is 5.89. The van der Waals surface area contributed by atoms with Gasteiger partial charge in [0.25, 0.3) is 5.56 Å². The van der Waals surface area contributed by atoms with Gasteiger partial charge >= 0.3 is 0 Å². The van der Waals surface area contributed by atoms with E-state index in [1.807, 2.05) is 4.90 Å². The third kappa shape index (κ3) is 4.64. The lowest BCUT2D eigenvalue weighted by Gasteiger charge is -2.33. The summed E-state index contributed by atoms with van der Waals surface area (Å²) < 4.78 is 20.3. The van der Waals surface area contributed by atoms with Crippen LogP contribution in [0.4, 0.5) is 10.2 Å². The number of nitrogens with one attached hydrogen (secondary N) is 1. The second kappa shape index (κ2) is 8.73. The van der Waals surface area contributed by atoms with Crippen molar-refractivity contribution in [3.05, 3.63) is 52.6 Å². The molecule has 1 N–H and O–H groups in total. The van der Waals surface area contributed by atoms with Crippen LogP contribution in [0.25, 0.3) is 5.69 Å². The third-order valence-corrected chi connectivity index (χ3v) is 5.48. The molecule has 7 nitrogen and oxygen atoms in total. The van der Waals surface area contributed by atoms with E-state index >= 15 is 0 Å². The standard InChI is InChI=1S/C21H25FN4O3/c22-16-5-1-6-17(12-16)26-20(27)9-8-19(24-26)25-10-2-4-15(14-25)21(28)23-13-18-7-3-11-29-18/h1,5-6,8-9,12,15,18H,2-4,7,10-11,13-14H2,(H,23,28). The Bertz CT molecular complexity index is 926. The van der Waals surface area contributed by atoms with E-state index in [2.05, 4.69) is 10.4 Å². The van der Waals surface area contributed by atoms with Crippen LogP contribution in [-0.2, 0) is 9.53 Å². The van der Waals surface area contributed by atoms with Gasteiger partial charge in [-0.25, -0.2) is 4.39 Å². The maximum atomic E-state index is 13.6. The number of benzene rings is 1. The molecule has 8 heteroatoms. The molecule has 0 saturated carbocycles. The molecule has 154 valence electrons. The van der Waals surface area contributed by atoms with E-state index in [4.69, 9.17) is 4.74 Å². The minimum Gasteiger partial charge on any atom is -0.376 e. The summed E-state index contributed by atoms with van der Waals surface area (Å²) in [6.07, 6.45) is 3.83. The van der Waals surface area contributed by atoms with Gasteiger partial charge in [0.15, 0.2) is 0 Å². The fraction of sp³-hybridized carbons (Fsp3) is 0.476. The van der Waals surface area contributed by atoms with Crippen LogP contribution in [0.5, 0.6) is 0 Å². The molecule has 1 aromatic heterocycles. The molecule has 0 bridgehead atoms. The molecule has 3 heterocycles. The van der Waals surface area contributed by atoms with Gasteiger partial charge in [-0.1, -0.05) is 6.07 Å². The fourth-order valence-electron chi connectivity index (χ4n) is 3.93. The molecular weight excluding hydrogens is 375 g/mol. The minimum absolute atomic E-state index is 0.0312. The number of carbonyl (C=O) groups is 1. The maximum absolute atomic E-state index is 13.6. The Balaban J connectivity index is 1.46. The lowest BCUT2D eigenvalue weighted by atomic mass is 9.97. The van der Waals surface area contributed by atoms with Gasteiger partial charge in [-0.2, -0.15) is 4.68 Å². The molecule has 29 heavy (non-hydrogen) atoms. The van der Waals surface area contributed by atoms with E-state index in [0.29, 0.717) is 24.6 Å². The van der Waals surface area contributed by atoms with Crippen LogP contribution in [0, 0.1) is 11.7 Å². The first-order valence-electron chi connectivity index (χ1n) is 10.1. The van der Waals surface area contributed by atoms with Crippen molar-refractivity contribution in [1.29, 1.82) is 0 Å². The van der Waals surface area contributed by atoms with Gasteiger partial charge < -0.3 is 15.0 Å². The summed E-state index contributed by atoms with van der Waals surface area (Å²) >= 11 is 0. The molecule has 0 radical (unpaired) electrons. The zero-order chi connectivity index (χ0) is 20.2. The van der Waals surface area contributed by atoms with Crippen molar-refractivity contribution in [1.82, 2.24) is 15.1 Å². The quantitative estimate of drug-likeness (QED) is 0.830. The highest BCUT2D eigenvalue weighted by molar-refractivity contribution is 5.79. The molecule has 2 atom stereocenters. The van der Waals surface area contributed by atoms with Crippen molar-refractivity contribution in [2.45, 2.75) is 31.8 Å². The summed E-state index contributed by atoms with van der Waals surface area (Å²) in [6, 6.07) is 8.86. The summed E-state index contributed by atoms with van der Waals surface area (Å²) in [7, 11) is 0. The second-order valence-electron chi connectivity index (χ2n) is 7.59. The Labute approximate surface area is 168 Å². The van der Waals surface area contributed by atoms with Gasteiger partial charge in [0, 0.05) is 32.3 Å². The number of piperidine rings is 1. The Morgan fingerprint density at radius 3 is 2.93 bits per heavy atom. The van der Waals surface area contributed by atoms with Gasteiger partial charge in [0.05, 0.1) is 17.7 Å². The van der Waals surface area contributed by atoms with E-state index < -0.39 is 5.82 Å². The molecule has 0 spiro atoms. The lowest BCUT2D eigenvalue weighted by molar-refractivity contribution is -0.125. The molecule has 1 amide bonds. The number of nitrogens with zero attached hydrogens (tertiary/aromatic N) is 3. The maximum Gasteiger partial charge on any atom is 0.271 e. The molecule has 2 unspecified atom stereocenters. The largest absolute Gasteiger partial charge is 0.376 e. The topological polar surface area (TPSA) is 76.5 Å². The van der Waals surface area contributed by atoms with Crippen LogP contribution in [0.1, 0.15) is 25.7 Å². The number of halogens is 1. The molecule has 2 saturated heterocycles. The highest BCUT2D eigenvalue weighted by Crippen LogP contribution is 2.22. The van der Waals surface area contributed by atoms with Crippen LogP contribution in [-0.4, -0.2) is 48.0 Å². The molecule has 4 rings (SSSR count). The van der Waals surface area contributed by atoms with Crippen LogP contribution in [0.3, 0.4) is 0 Å². The van der Waals surface area contributed by atoms with E-state index in [1.54, 1.807) is 18.2 Å². The summed E-state index contributed by atoms with van der Waals surface area (Å²) in [4.78, 5) is 26.8. The average molecular weight is 400 g/mol. The first kappa shape index (κ1) is 19.6. The van der Waals surface area contributed by atoms with Gasteiger partial charge in [-0.3, -0.25) is 9.59 Å². The average Bonchev–Trinajstić information content (AvgIpc) is 3.26. The number of amides is 1. The van der Waals surface area contributed by atoms with Crippen molar-refractivity contribution >= 4 is 11.7 Å². The Morgan fingerprint density at radius 1 is 1.24 bits per heavy atom. The molecular formula is C21H25FN4O3. The van der Waals surface area contributed by atoms with E-state index in [0.717, 1.165) is 38.8 Å². The van der Waals surface area contributed by atoms with Crippen LogP contribution < -0.4 is 15.8 Å². The molecule has 2 aliphatic rings. The third-order valence-electron chi connectivity index (χ3n) is 5.48. The van der Waals surface area contributed by atoms with Crippen LogP contribution in [0.15, 0.2) is 41.2 Å². The Hall–Kier alpha value is -2.74. The summed E-state index contributed by atoms with van der Waals surface area (Å²) in [5.41, 5.74) is 0.0435. The molecule has 0 aliphatic carbocycles. The van der Waals surface area contributed by atoms with Gasteiger partial charge in [0.1, 0.15) is 11.6 Å². The van der Waals surface area contributed by atoms with E-state index in [-0.39, 0.29) is 23.5 Å². The number of hydrogen-bond acceptors (Lipinski definition) is 5. The summed E-state index contributed by atoms with van der Waals surface area (Å²) in [6.45, 7) is 2.61. The number of rotatable bonds is 5. The van der Waals surface area contributed by atoms with E-state index in [9.17, 15) is 14.0 Å². The number of aromatic nitrogens is 2. The van der Waals surface area contributed by atoms with Crippen LogP contribution >= 0.6 is 0 Å². The molecule has 1 aromatic carbocycles. The molecule has 2 aromatic rings. The van der Waals surface area contributed by atoms with Crippen molar-refractivity contribution in [3.8, 4) is 5.69 Å². The lowest BCUT2D eigenvalue weighted by Crippen LogP contribution is -2.45. The Morgan fingerprint density at radius 2 is 2.14 bits per heavy atom. The predicted molar refractivity (Wildman–Crippen MR) is 107 cm³/mol. The zero-order valence-electron chi connectivity index (χ0n) is 16.2.